The molecule has 22 heavy (non-hydrogen) atoms. The summed E-state index contributed by atoms with van der Waals surface area (Å²) in [7, 11) is -1.29. The van der Waals surface area contributed by atoms with Gasteiger partial charge < -0.3 is 4.90 Å². The lowest BCUT2D eigenvalue weighted by atomic mass is 9.92. The van der Waals surface area contributed by atoms with Gasteiger partial charge in [-0.1, -0.05) is 36.2 Å². The predicted octanol–water partition coefficient (Wildman–Crippen LogP) is 2.52. The summed E-state index contributed by atoms with van der Waals surface area (Å²) in [5, 5.41) is 0. The van der Waals surface area contributed by atoms with Crippen LogP contribution in [0.15, 0.2) is 24.3 Å². The van der Waals surface area contributed by atoms with Gasteiger partial charge in [0.2, 0.25) is 5.91 Å². The van der Waals surface area contributed by atoms with E-state index in [-0.39, 0.29) is 24.1 Å². The molecule has 1 aliphatic carbocycles. The second-order valence-corrected chi connectivity index (χ2v) is 8.66. The number of hydrogen-bond donors (Lipinski definition) is 0. The van der Waals surface area contributed by atoms with Crippen molar-refractivity contribution in [1.82, 2.24) is 4.90 Å². The number of aryl methyl sites for hydroxylation is 1. The lowest BCUT2D eigenvalue weighted by Gasteiger charge is -2.30. The Balaban J connectivity index is 2.06. The summed E-state index contributed by atoms with van der Waals surface area (Å²) in [5.41, 5.74) is 2.51. The van der Waals surface area contributed by atoms with E-state index in [2.05, 4.69) is 31.2 Å². The van der Waals surface area contributed by atoms with Crippen LogP contribution >= 0.6 is 0 Å². The fourth-order valence-corrected chi connectivity index (χ4v) is 3.79. The van der Waals surface area contributed by atoms with Crippen molar-refractivity contribution in [1.29, 1.82) is 0 Å². The first-order valence-corrected chi connectivity index (χ1v) is 9.84. The molecule has 0 unspecified atom stereocenters. The summed E-state index contributed by atoms with van der Waals surface area (Å²) in [5.74, 6) is 0.208. The van der Waals surface area contributed by atoms with Crippen LogP contribution < -0.4 is 0 Å². The zero-order valence-corrected chi connectivity index (χ0v) is 14.4. The molecule has 0 saturated heterocycles. The average Bonchev–Trinajstić information content (AvgIpc) is 2.93. The molecule has 0 aliphatic heterocycles. The SMILES string of the molecule is Cc1ccc([C@H]2CCC[C@@H]2N(C)C(=O)CCS(C)(=O)=O)cc1. The van der Waals surface area contributed by atoms with Gasteiger partial charge in [0.05, 0.1) is 5.75 Å². The molecule has 5 heteroatoms. The van der Waals surface area contributed by atoms with Gasteiger partial charge in [0.1, 0.15) is 9.84 Å². The average molecular weight is 323 g/mol. The van der Waals surface area contributed by atoms with Crippen LogP contribution in [0.4, 0.5) is 0 Å². The number of sulfone groups is 1. The van der Waals surface area contributed by atoms with Crippen molar-refractivity contribution in [3.8, 4) is 0 Å². The second kappa shape index (κ2) is 6.82. The van der Waals surface area contributed by atoms with Crippen LogP contribution in [-0.2, 0) is 14.6 Å². The largest absolute Gasteiger partial charge is 0.342 e. The van der Waals surface area contributed by atoms with Crippen molar-refractivity contribution < 1.29 is 13.2 Å². The standard InChI is InChI=1S/C17H25NO3S/c1-13-7-9-14(10-8-13)15-5-4-6-16(15)18(2)17(19)11-12-22(3,20)21/h7-10,15-16H,4-6,11-12H2,1-3H3/t15-,16+/m1/s1. The Bertz CT molecular complexity index is 622. The van der Waals surface area contributed by atoms with Crippen molar-refractivity contribution >= 4 is 15.7 Å². The Labute approximate surface area is 133 Å². The molecule has 1 fully saturated rings. The van der Waals surface area contributed by atoms with E-state index in [1.165, 1.54) is 17.4 Å². The van der Waals surface area contributed by atoms with E-state index in [1.54, 1.807) is 4.90 Å². The summed E-state index contributed by atoms with van der Waals surface area (Å²) in [6.45, 7) is 2.07. The highest BCUT2D eigenvalue weighted by molar-refractivity contribution is 7.90. The molecule has 1 aromatic carbocycles. The quantitative estimate of drug-likeness (QED) is 0.836. The summed E-state index contributed by atoms with van der Waals surface area (Å²) in [4.78, 5) is 14.0. The Hall–Kier alpha value is -1.36. The minimum absolute atomic E-state index is 0.0713. The first kappa shape index (κ1) is 17.0. The molecular formula is C17H25NO3S. The van der Waals surface area contributed by atoms with Crippen molar-refractivity contribution in [2.45, 2.75) is 44.6 Å². The summed E-state index contributed by atoms with van der Waals surface area (Å²) < 4.78 is 22.5. The topological polar surface area (TPSA) is 54.5 Å². The molecular weight excluding hydrogens is 298 g/mol. The van der Waals surface area contributed by atoms with Gasteiger partial charge in [0, 0.05) is 31.7 Å². The number of hydrogen-bond acceptors (Lipinski definition) is 3. The van der Waals surface area contributed by atoms with Gasteiger partial charge >= 0.3 is 0 Å². The maximum atomic E-state index is 12.3. The summed E-state index contributed by atoms with van der Waals surface area (Å²) >= 11 is 0. The van der Waals surface area contributed by atoms with E-state index in [4.69, 9.17) is 0 Å². The fraction of sp³-hybridized carbons (Fsp3) is 0.588. The van der Waals surface area contributed by atoms with Gasteiger partial charge in [-0.05, 0) is 25.3 Å². The molecule has 2 rings (SSSR count). The van der Waals surface area contributed by atoms with E-state index >= 15 is 0 Å². The molecule has 0 spiro atoms. The molecule has 0 radical (unpaired) electrons. The minimum atomic E-state index is -3.09. The number of benzene rings is 1. The third-order valence-electron chi connectivity index (χ3n) is 4.56. The molecule has 2 atom stereocenters. The van der Waals surface area contributed by atoms with Gasteiger partial charge in [-0.3, -0.25) is 4.79 Å². The molecule has 1 aliphatic rings. The number of nitrogens with zero attached hydrogens (tertiary/aromatic N) is 1. The van der Waals surface area contributed by atoms with Crippen LogP contribution in [0.2, 0.25) is 0 Å². The third-order valence-corrected chi connectivity index (χ3v) is 5.51. The maximum absolute atomic E-state index is 12.3. The first-order valence-electron chi connectivity index (χ1n) is 7.78. The van der Waals surface area contributed by atoms with Crippen LogP contribution in [-0.4, -0.2) is 44.3 Å². The van der Waals surface area contributed by atoms with E-state index in [0.29, 0.717) is 5.92 Å². The number of amides is 1. The van der Waals surface area contributed by atoms with Gasteiger partial charge in [-0.25, -0.2) is 8.42 Å². The Morgan fingerprint density at radius 2 is 1.86 bits per heavy atom. The molecule has 0 heterocycles. The fourth-order valence-electron chi connectivity index (χ4n) is 3.24. The number of carbonyl (C=O) groups is 1. The van der Waals surface area contributed by atoms with Crippen molar-refractivity contribution in [2.75, 3.05) is 19.1 Å². The van der Waals surface area contributed by atoms with Gasteiger partial charge in [0.15, 0.2) is 0 Å². The first-order chi connectivity index (χ1) is 10.3. The van der Waals surface area contributed by atoms with Gasteiger partial charge in [-0.15, -0.1) is 0 Å². The van der Waals surface area contributed by atoms with Crippen LogP contribution in [0.25, 0.3) is 0 Å². The molecule has 1 aromatic rings. The highest BCUT2D eigenvalue weighted by atomic mass is 32.2. The zero-order chi connectivity index (χ0) is 16.3. The van der Waals surface area contributed by atoms with E-state index in [0.717, 1.165) is 19.3 Å². The van der Waals surface area contributed by atoms with Crippen LogP contribution in [0.1, 0.15) is 42.7 Å². The van der Waals surface area contributed by atoms with Crippen molar-refractivity contribution in [3.63, 3.8) is 0 Å². The molecule has 1 saturated carbocycles. The summed E-state index contributed by atoms with van der Waals surface area (Å²) in [6.07, 6.45) is 4.42. The lowest BCUT2D eigenvalue weighted by molar-refractivity contribution is -0.131. The molecule has 1 amide bonds. The van der Waals surface area contributed by atoms with Gasteiger partial charge in [0.25, 0.3) is 0 Å². The molecule has 122 valence electrons. The smallest absolute Gasteiger partial charge is 0.223 e. The van der Waals surface area contributed by atoms with E-state index in [1.807, 2.05) is 7.05 Å². The lowest BCUT2D eigenvalue weighted by Crippen LogP contribution is -2.39. The Morgan fingerprint density at radius 3 is 2.45 bits per heavy atom. The monoisotopic (exact) mass is 323 g/mol. The van der Waals surface area contributed by atoms with Crippen LogP contribution in [0.3, 0.4) is 0 Å². The van der Waals surface area contributed by atoms with Crippen molar-refractivity contribution in [3.05, 3.63) is 35.4 Å². The maximum Gasteiger partial charge on any atom is 0.223 e. The summed E-state index contributed by atoms with van der Waals surface area (Å²) in [6, 6.07) is 8.68. The Morgan fingerprint density at radius 1 is 1.23 bits per heavy atom. The normalized spacial score (nSPS) is 21.8. The Kier molecular flexibility index (Phi) is 5.27. The predicted molar refractivity (Wildman–Crippen MR) is 88.7 cm³/mol. The van der Waals surface area contributed by atoms with E-state index in [9.17, 15) is 13.2 Å². The van der Waals surface area contributed by atoms with E-state index < -0.39 is 9.84 Å². The minimum Gasteiger partial charge on any atom is -0.342 e. The highest BCUT2D eigenvalue weighted by Crippen LogP contribution is 2.37. The number of rotatable bonds is 5. The molecule has 0 bridgehead atoms. The third kappa shape index (κ3) is 4.32. The van der Waals surface area contributed by atoms with Crippen LogP contribution in [0.5, 0.6) is 0 Å². The second-order valence-electron chi connectivity index (χ2n) is 6.40. The van der Waals surface area contributed by atoms with Crippen LogP contribution in [0, 0.1) is 6.92 Å². The number of carbonyl (C=O) groups excluding carboxylic acids is 1. The highest BCUT2D eigenvalue weighted by Gasteiger charge is 2.33. The number of likely N-dealkylation sites (N-methyl/N-ethyl adjacent to an activating group) is 1. The molecule has 0 N–H and O–H groups in total. The van der Waals surface area contributed by atoms with Crippen molar-refractivity contribution in [2.24, 2.45) is 0 Å². The van der Waals surface area contributed by atoms with Gasteiger partial charge in [-0.2, -0.15) is 0 Å². The molecule has 4 nitrogen and oxygen atoms in total. The molecule has 0 aromatic heterocycles. The zero-order valence-electron chi connectivity index (χ0n) is 13.6.